The van der Waals surface area contributed by atoms with Crippen LogP contribution in [0.25, 0.3) is 0 Å². The third-order valence-electron chi connectivity index (χ3n) is 3.66. The first kappa shape index (κ1) is 22.5. The molecule has 7 nitrogen and oxygen atoms in total. The van der Waals surface area contributed by atoms with E-state index in [4.69, 9.17) is 10.5 Å². The van der Waals surface area contributed by atoms with E-state index in [0.717, 1.165) is 5.56 Å². The Labute approximate surface area is 161 Å². The minimum atomic E-state index is -0.866. The van der Waals surface area contributed by atoms with E-state index in [1.165, 1.54) is 0 Å². The Morgan fingerprint density at radius 3 is 2.11 bits per heavy atom. The number of benzene rings is 1. The van der Waals surface area contributed by atoms with Crippen LogP contribution in [0.3, 0.4) is 0 Å². The van der Waals surface area contributed by atoms with E-state index in [-0.39, 0.29) is 12.3 Å². The average Bonchev–Trinajstić information content (AvgIpc) is 2.52. The van der Waals surface area contributed by atoms with Gasteiger partial charge in [0, 0.05) is 6.42 Å². The first-order chi connectivity index (χ1) is 12.5. The summed E-state index contributed by atoms with van der Waals surface area (Å²) in [6.45, 7) is 9.10. The van der Waals surface area contributed by atoms with Crippen LogP contribution in [0.15, 0.2) is 30.3 Å². The standard InChI is InChI=1S/C20H31N3O4/c1-13(2)11-16(23-19(26)27-20(3,4)5)18(25)22-15(17(21)24)12-14-9-7-6-8-10-14/h6-10,13,15-16H,11-12H2,1-5H3,(H2,21,24)(H,22,25)(H,23,26). The predicted molar refractivity (Wildman–Crippen MR) is 104 cm³/mol. The molecule has 3 amide bonds. The van der Waals surface area contributed by atoms with Gasteiger partial charge in [-0.2, -0.15) is 0 Å². The van der Waals surface area contributed by atoms with Crippen LogP contribution >= 0.6 is 0 Å². The fourth-order valence-electron chi connectivity index (χ4n) is 2.50. The number of alkyl carbamates (subject to hydrolysis) is 1. The Morgan fingerprint density at radius 1 is 1.04 bits per heavy atom. The molecule has 27 heavy (non-hydrogen) atoms. The molecular weight excluding hydrogens is 346 g/mol. The van der Waals surface area contributed by atoms with Gasteiger partial charge < -0.3 is 21.1 Å². The average molecular weight is 377 g/mol. The summed E-state index contributed by atoms with van der Waals surface area (Å²) in [6, 6.07) is 7.58. The largest absolute Gasteiger partial charge is 0.444 e. The van der Waals surface area contributed by atoms with Crippen molar-refractivity contribution in [3.05, 3.63) is 35.9 Å². The topological polar surface area (TPSA) is 111 Å². The maximum absolute atomic E-state index is 12.7. The molecule has 0 saturated heterocycles. The molecule has 0 aromatic heterocycles. The molecule has 2 atom stereocenters. The van der Waals surface area contributed by atoms with Gasteiger partial charge in [0.2, 0.25) is 11.8 Å². The van der Waals surface area contributed by atoms with Gasteiger partial charge in [0.1, 0.15) is 17.7 Å². The van der Waals surface area contributed by atoms with E-state index in [9.17, 15) is 14.4 Å². The number of amides is 3. The van der Waals surface area contributed by atoms with Crippen molar-refractivity contribution in [2.75, 3.05) is 0 Å². The summed E-state index contributed by atoms with van der Waals surface area (Å²) in [5.74, 6) is -0.945. The van der Waals surface area contributed by atoms with Crippen LogP contribution in [-0.2, 0) is 20.7 Å². The third kappa shape index (κ3) is 9.08. The van der Waals surface area contributed by atoms with Gasteiger partial charge in [-0.15, -0.1) is 0 Å². The van der Waals surface area contributed by atoms with Gasteiger partial charge in [0.15, 0.2) is 0 Å². The number of carbonyl (C=O) groups is 3. The van der Waals surface area contributed by atoms with Crippen molar-refractivity contribution in [1.82, 2.24) is 10.6 Å². The Morgan fingerprint density at radius 2 is 1.63 bits per heavy atom. The van der Waals surface area contributed by atoms with Gasteiger partial charge in [-0.3, -0.25) is 9.59 Å². The molecular formula is C20H31N3O4. The molecule has 1 rings (SSSR count). The lowest BCUT2D eigenvalue weighted by Gasteiger charge is -2.25. The Balaban J connectivity index is 2.82. The number of nitrogens with two attached hydrogens (primary N) is 1. The van der Waals surface area contributed by atoms with E-state index in [1.54, 1.807) is 20.8 Å². The highest BCUT2D eigenvalue weighted by Crippen LogP contribution is 2.10. The summed E-state index contributed by atoms with van der Waals surface area (Å²) in [6.07, 6.45) is 0.00645. The van der Waals surface area contributed by atoms with E-state index in [2.05, 4.69) is 10.6 Å². The summed E-state index contributed by atoms with van der Waals surface area (Å²) in [5.41, 5.74) is 5.66. The lowest BCUT2D eigenvalue weighted by molar-refractivity contribution is -0.128. The van der Waals surface area contributed by atoms with Gasteiger partial charge in [0.05, 0.1) is 0 Å². The number of rotatable bonds is 8. The minimum absolute atomic E-state index is 0.150. The van der Waals surface area contributed by atoms with E-state index in [1.807, 2.05) is 44.2 Å². The molecule has 1 aromatic carbocycles. The Hall–Kier alpha value is -2.57. The number of primary amides is 1. The van der Waals surface area contributed by atoms with Crippen molar-refractivity contribution in [2.24, 2.45) is 11.7 Å². The molecule has 0 spiro atoms. The second-order valence-electron chi connectivity index (χ2n) is 7.98. The van der Waals surface area contributed by atoms with Crippen molar-refractivity contribution in [1.29, 1.82) is 0 Å². The van der Waals surface area contributed by atoms with Crippen molar-refractivity contribution in [3.63, 3.8) is 0 Å². The van der Waals surface area contributed by atoms with Crippen LogP contribution in [0.2, 0.25) is 0 Å². The molecule has 4 N–H and O–H groups in total. The summed E-state index contributed by atoms with van der Waals surface area (Å²) in [7, 11) is 0. The number of nitrogens with one attached hydrogen (secondary N) is 2. The smallest absolute Gasteiger partial charge is 0.408 e. The van der Waals surface area contributed by atoms with Crippen molar-refractivity contribution in [3.8, 4) is 0 Å². The molecule has 2 unspecified atom stereocenters. The molecule has 0 heterocycles. The normalized spacial score (nSPS) is 13.6. The van der Waals surface area contributed by atoms with Gasteiger partial charge in [0.25, 0.3) is 0 Å². The summed E-state index contributed by atoms with van der Waals surface area (Å²) < 4.78 is 5.23. The lowest BCUT2D eigenvalue weighted by Crippen LogP contribution is -2.54. The number of ether oxygens (including phenoxy) is 1. The SMILES string of the molecule is CC(C)CC(NC(=O)OC(C)(C)C)C(=O)NC(Cc1ccccc1)C(N)=O. The van der Waals surface area contributed by atoms with Crippen molar-refractivity contribution < 1.29 is 19.1 Å². The van der Waals surface area contributed by atoms with Crippen molar-refractivity contribution in [2.45, 2.75) is 65.1 Å². The highest BCUT2D eigenvalue weighted by molar-refractivity contribution is 5.90. The summed E-state index contributed by atoms with van der Waals surface area (Å²) in [5, 5.41) is 5.24. The molecule has 150 valence electrons. The second kappa shape index (κ2) is 9.94. The molecule has 0 aliphatic carbocycles. The zero-order chi connectivity index (χ0) is 20.6. The van der Waals surface area contributed by atoms with Gasteiger partial charge in [-0.1, -0.05) is 44.2 Å². The fraction of sp³-hybridized carbons (Fsp3) is 0.550. The number of hydrogen-bond donors (Lipinski definition) is 3. The highest BCUT2D eigenvalue weighted by atomic mass is 16.6. The van der Waals surface area contributed by atoms with Crippen molar-refractivity contribution >= 4 is 17.9 Å². The Kier molecular flexibility index (Phi) is 8.28. The molecule has 0 bridgehead atoms. The molecule has 0 aliphatic rings. The molecule has 0 aliphatic heterocycles. The first-order valence-corrected chi connectivity index (χ1v) is 9.11. The molecule has 0 fully saturated rings. The minimum Gasteiger partial charge on any atom is -0.444 e. The quantitative estimate of drug-likeness (QED) is 0.644. The van der Waals surface area contributed by atoms with Crippen LogP contribution in [0, 0.1) is 5.92 Å². The van der Waals surface area contributed by atoms with E-state index >= 15 is 0 Å². The maximum atomic E-state index is 12.7. The molecule has 7 heteroatoms. The number of carbonyl (C=O) groups excluding carboxylic acids is 3. The van der Waals surface area contributed by atoms with Crippen LogP contribution in [-0.4, -0.2) is 35.6 Å². The summed E-state index contributed by atoms with van der Waals surface area (Å²) >= 11 is 0. The number of hydrogen-bond acceptors (Lipinski definition) is 4. The van der Waals surface area contributed by atoms with Crippen LogP contribution in [0.5, 0.6) is 0 Å². The van der Waals surface area contributed by atoms with Crippen LogP contribution < -0.4 is 16.4 Å². The Bertz CT molecular complexity index is 638. The van der Waals surface area contributed by atoms with Gasteiger partial charge in [-0.25, -0.2) is 4.79 Å². The van der Waals surface area contributed by atoms with Crippen LogP contribution in [0.1, 0.15) is 46.6 Å². The lowest BCUT2D eigenvalue weighted by atomic mass is 10.0. The van der Waals surface area contributed by atoms with E-state index in [0.29, 0.717) is 6.42 Å². The zero-order valence-corrected chi connectivity index (χ0v) is 16.7. The summed E-state index contributed by atoms with van der Waals surface area (Å²) in [4.78, 5) is 36.5. The molecule has 0 radical (unpaired) electrons. The zero-order valence-electron chi connectivity index (χ0n) is 16.7. The van der Waals surface area contributed by atoms with E-state index < -0.39 is 35.6 Å². The maximum Gasteiger partial charge on any atom is 0.408 e. The second-order valence-corrected chi connectivity index (χ2v) is 7.98. The first-order valence-electron chi connectivity index (χ1n) is 9.11. The molecule has 1 aromatic rings. The van der Waals surface area contributed by atoms with Gasteiger partial charge in [-0.05, 0) is 38.7 Å². The van der Waals surface area contributed by atoms with Crippen LogP contribution in [0.4, 0.5) is 4.79 Å². The third-order valence-corrected chi connectivity index (χ3v) is 3.66. The van der Waals surface area contributed by atoms with Gasteiger partial charge >= 0.3 is 6.09 Å². The molecule has 0 saturated carbocycles. The fourth-order valence-corrected chi connectivity index (χ4v) is 2.50. The predicted octanol–water partition coefficient (Wildman–Crippen LogP) is 2.14. The highest BCUT2D eigenvalue weighted by Gasteiger charge is 2.28. The monoisotopic (exact) mass is 377 g/mol.